The van der Waals surface area contributed by atoms with Gasteiger partial charge in [0.2, 0.25) is 0 Å². The van der Waals surface area contributed by atoms with Crippen molar-refractivity contribution < 1.29 is 0 Å². The first-order valence-corrected chi connectivity index (χ1v) is 13.2. The van der Waals surface area contributed by atoms with Crippen molar-refractivity contribution in [2.24, 2.45) is 10.8 Å². The van der Waals surface area contributed by atoms with Gasteiger partial charge in [-0.05, 0) is 43.1 Å². The summed E-state index contributed by atoms with van der Waals surface area (Å²) >= 11 is 0. The summed E-state index contributed by atoms with van der Waals surface area (Å²) in [6.45, 7) is 29.5. The lowest BCUT2D eigenvalue weighted by Gasteiger charge is -2.09. The van der Waals surface area contributed by atoms with E-state index >= 15 is 0 Å². The maximum Gasteiger partial charge on any atom is -0.00990 e. The largest absolute Gasteiger partial charge is 0.0683 e. The average Bonchev–Trinajstić information content (AvgIpc) is 2.81. The molecule has 0 bridgehead atoms. The highest BCUT2D eigenvalue weighted by molar-refractivity contribution is 6.25. The molecule has 0 amide bonds. The molecule has 0 radical (unpaired) electrons. The number of rotatable bonds is 0. The van der Waals surface area contributed by atoms with Gasteiger partial charge >= 0.3 is 0 Å². The van der Waals surface area contributed by atoms with Crippen LogP contribution in [0.5, 0.6) is 0 Å². The smallest absolute Gasteiger partial charge is 0.00990 e. The van der Waals surface area contributed by atoms with Gasteiger partial charge in [0.25, 0.3) is 0 Å². The monoisotopic (exact) mass is 462 g/mol. The highest BCUT2D eigenvalue weighted by atomic mass is 14.1. The van der Waals surface area contributed by atoms with Gasteiger partial charge in [0.15, 0.2) is 0 Å². The Kier molecular flexibility index (Phi) is 17.1. The Morgan fingerprint density at radius 2 is 0.382 bits per heavy atom. The van der Waals surface area contributed by atoms with E-state index < -0.39 is 0 Å². The first-order chi connectivity index (χ1) is 15.9. The molecule has 0 saturated carbocycles. The first-order valence-electron chi connectivity index (χ1n) is 13.2. The molecule has 0 N–H and O–H groups in total. The lowest BCUT2D eigenvalue weighted by atomic mass is 9.95. The minimum atomic E-state index is 0.500. The van der Waals surface area contributed by atoms with Crippen molar-refractivity contribution in [1.82, 2.24) is 0 Å². The molecule has 0 nitrogen and oxygen atoms in total. The van der Waals surface area contributed by atoms with Crippen LogP contribution in [-0.2, 0) is 0 Å². The van der Waals surface area contributed by atoms with Gasteiger partial charge in [-0.15, -0.1) is 0 Å². The second-order valence-corrected chi connectivity index (χ2v) is 10.6. The van der Waals surface area contributed by atoms with Gasteiger partial charge in [0, 0.05) is 0 Å². The summed E-state index contributed by atoms with van der Waals surface area (Å²) in [5, 5.41) is 8.04. The molecule has 0 aliphatic heterocycles. The van der Waals surface area contributed by atoms with Crippen LogP contribution in [0.25, 0.3) is 32.3 Å². The van der Waals surface area contributed by atoms with Crippen molar-refractivity contribution >= 4 is 32.3 Å². The van der Waals surface area contributed by atoms with Crippen LogP contribution in [0.1, 0.15) is 96.9 Å². The molecule has 0 atom stereocenters. The van der Waals surface area contributed by atoms with E-state index in [2.05, 4.69) is 128 Å². The molecular formula is C34H54. The summed E-state index contributed by atoms with van der Waals surface area (Å²) in [5.41, 5.74) is 1.00. The van der Waals surface area contributed by atoms with Crippen molar-refractivity contribution in [2.75, 3.05) is 0 Å². The first kappa shape index (κ1) is 33.8. The van der Waals surface area contributed by atoms with Gasteiger partial charge in [-0.3, -0.25) is 0 Å². The lowest BCUT2D eigenvalue weighted by Crippen LogP contribution is -1.93. The average molecular weight is 463 g/mol. The van der Waals surface area contributed by atoms with Crippen LogP contribution in [-0.4, -0.2) is 0 Å². The van der Waals surface area contributed by atoms with E-state index in [1.165, 1.54) is 32.3 Å². The SMILES string of the molecule is CC.CC.CC.CC(C)(C)C.CC(C)(C)C.c1ccc2c(c1)c1ccccc1c1ccccc21. The van der Waals surface area contributed by atoms with Gasteiger partial charge in [-0.1, -0.05) is 170 Å². The molecule has 0 aliphatic carbocycles. The van der Waals surface area contributed by atoms with E-state index in [0.717, 1.165) is 0 Å². The number of hydrogen-bond donors (Lipinski definition) is 0. The van der Waals surface area contributed by atoms with E-state index in [0.29, 0.717) is 10.8 Å². The van der Waals surface area contributed by atoms with Gasteiger partial charge < -0.3 is 0 Å². The Balaban J connectivity index is 0. The molecule has 0 aromatic heterocycles. The minimum Gasteiger partial charge on any atom is -0.0683 e. The summed E-state index contributed by atoms with van der Waals surface area (Å²) < 4.78 is 0. The summed E-state index contributed by atoms with van der Waals surface area (Å²) in [7, 11) is 0. The third-order valence-electron chi connectivity index (χ3n) is 3.65. The molecule has 0 saturated heterocycles. The topological polar surface area (TPSA) is 0 Å². The number of fused-ring (bicyclic) bond motifs is 6. The van der Waals surface area contributed by atoms with E-state index in [1.54, 1.807) is 0 Å². The predicted molar refractivity (Wildman–Crippen MR) is 163 cm³/mol. The van der Waals surface area contributed by atoms with Gasteiger partial charge in [0.1, 0.15) is 0 Å². The standard InChI is InChI=1S/C18H12.2C5H12.3C2H6/c1-2-8-14-13(7-1)15-9-3-4-11-17(15)18-12-6-5-10-16(14)18;2*1-5(2,3)4;3*1-2/h1-12H;2*1-4H3;3*1-2H3. The molecule has 4 aromatic rings. The molecule has 0 aliphatic rings. The van der Waals surface area contributed by atoms with Crippen molar-refractivity contribution in [1.29, 1.82) is 0 Å². The fourth-order valence-electron chi connectivity index (χ4n) is 2.86. The predicted octanol–water partition coefficient (Wildman–Crippen LogP) is 12.3. The zero-order valence-corrected chi connectivity index (χ0v) is 24.9. The molecule has 190 valence electrons. The summed E-state index contributed by atoms with van der Waals surface area (Å²) in [6.07, 6.45) is 0. The molecule has 4 aromatic carbocycles. The van der Waals surface area contributed by atoms with Crippen LogP contribution >= 0.6 is 0 Å². The Hall–Kier alpha value is -2.34. The normalized spacial score (nSPS) is 10.1. The molecule has 0 unspecified atom stereocenters. The fourth-order valence-corrected chi connectivity index (χ4v) is 2.86. The third kappa shape index (κ3) is 13.4. The van der Waals surface area contributed by atoms with Gasteiger partial charge in [-0.2, -0.15) is 0 Å². The van der Waals surface area contributed by atoms with E-state index in [-0.39, 0.29) is 0 Å². The molecule has 0 heteroatoms. The Morgan fingerprint density at radius 1 is 0.294 bits per heavy atom. The Morgan fingerprint density at radius 3 is 0.471 bits per heavy atom. The summed E-state index contributed by atoms with van der Waals surface area (Å²) in [6, 6.07) is 26.0. The minimum absolute atomic E-state index is 0.500. The maximum atomic E-state index is 2.21. The molecule has 0 spiro atoms. The van der Waals surface area contributed by atoms with E-state index in [4.69, 9.17) is 0 Å². The molecule has 34 heavy (non-hydrogen) atoms. The Labute approximate surface area is 212 Å². The molecule has 0 heterocycles. The number of benzene rings is 4. The summed E-state index contributed by atoms with van der Waals surface area (Å²) in [4.78, 5) is 0. The maximum absolute atomic E-state index is 2.21. The third-order valence-corrected chi connectivity index (χ3v) is 3.65. The fraction of sp³-hybridized carbons (Fsp3) is 0.471. The van der Waals surface area contributed by atoms with Gasteiger partial charge in [0.05, 0.1) is 0 Å². The quantitative estimate of drug-likeness (QED) is 0.228. The second kappa shape index (κ2) is 17.1. The number of hydrogen-bond acceptors (Lipinski definition) is 0. The van der Waals surface area contributed by atoms with Gasteiger partial charge in [-0.25, -0.2) is 0 Å². The van der Waals surface area contributed by atoms with Crippen LogP contribution in [0, 0.1) is 10.8 Å². The highest BCUT2D eigenvalue weighted by Gasteiger charge is 2.06. The highest BCUT2D eigenvalue weighted by Crippen LogP contribution is 2.34. The van der Waals surface area contributed by atoms with Crippen molar-refractivity contribution in [3.05, 3.63) is 72.8 Å². The Bertz CT molecular complexity index is 795. The van der Waals surface area contributed by atoms with Crippen molar-refractivity contribution in [3.8, 4) is 0 Å². The van der Waals surface area contributed by atoms with Crippen molar-refractivity contribution in [3.63, 3.8) is 0 Å². The second-order valence-electron chi connectivity index (χ2n) is 10.6. The van der Waals surface area contributed by atoms with Crippen LogP contribution in [0.15, 0.2) is 72.8 Å². The van der Waals surface area contributed by atoms with Crippen LogP contribution in [0.2, 0.25) is 0 Å². The van der Waals surface area contributed by atoms with E-state index in [9.17, 15) is 0 Å². The summed E-state index contributed by atoms with van der Waals surface area (Å²) in [5.74, 6) is 0. The zero-order valence-electron chi connectivity index (χ0n) is 24.9. The lowest BCUT2D eigenvalue weighted by molar-refractivity contribution is 0.469. The molecular weight excluding hydrogens is 408 g/mol. The van der Waals surface area contributed by atoms with Crippen LogP contribution in [0.4, 0.5) is 0 Å². The van der Waals surface area contributed by atoms with Crippen LogP contribution < -0.4 is 0 Å². The van der Waals surface area contributed by atoms with Crippen LogP contribution in [0.3, 0.4) is 0 Å². The van der Waals surface area contributed by atoms with E-state index in [1.807, 2.05) is 41.5 Å². The van der Waals surface area contributed by atoms with Crippen molar-refractivity contribution in [2.45, 2.75) is 96.9 Å². The zero-order chi connectivity index (χ0) is 26.9. The molecule has 4 rings (SSSR count). The molecule has 0 fully saturated rings.